The lowest BCUT2D eigenvalue weighted by atomic mass is 10.1. The Kier molecular flexibility index (Phi) is 5.07. The number of carbonyl (C=O) groups excluding carboxylic acids is 2. The van der Waals surface area contributed by atoms with Crippen LogP contribution in [-0.2, 0) is 16.1 Å². The predicted octanol–water partition coefficient (Wildman–Crippen LogP) is 4.34. The SMILES string of the molecule is O=C(C[C@@H]1C(=O)N(Cc2cccnc2)c2nc3ccccc3n21)Nc1ccc(F)c(Cl)c1. The van der Waals surface area contributed by atoms with Crippen molar-refractivity contribution >= 4 is 46.1 Å². The molecule has 0 saturated carbocycles. The first-order valence-electron chi connectivity index (χ1n) is 9.93. The second-order valence-electron chi connectivity index (χ2n) is 7.45. The van der Waals surface area contributed by atoms with Gasteiger partial charge in [0.1, 0.15) is 11.9 Å². The van der Waals surface area contributed by atoms with Crippen LogP contribution in [0.3, 0.4) is 0 Å². The van der Waals surface area contributed by atoms with E-state index in [1.807, 2.05) is 30.3 Å². The number of hydrogen-bond acceptors (Lipinski definition) is 4. The van der Waals surface area contributed by atoms with Crippen molar-refractivity contribution in [2.45, 2.75) is 19.0 Å². The third kappa shape index (κ3) is 3.58. The molecule has 2 amide bonds. The van der Waals surface area contributed by atoms with Crippen LogP contribution >= 0.6 is 11.6 Å². The molecule has 0 spiro atoms. The first kappa shape index (κ1) is 20.1. The maximum absolute atomic E-state index is 13.4. The van der Waals surface area contributed by atoms with Crippen LogP contribution in [0.5, 0.6) is 0 Å². The Hall–Kier alpha value is -3.78. The molecular weight excluding hydrogens is 433 g/mol. The molecule has 0 saturated heterocycles. The lowest BCUT2D eigenvalue weighted by molar-refractivity contribution is -0.124. The summed E-state index contributed by atoms with van der Waals surface area (Å²) >= 11 is 5.80. The molecule has 1 atom stereocenters. The molecule has 2 aromatic carbocycles. The molecule has 0 unspecified atom stereocenters. The van der Waals surface area contributed by atoms with E-state index in [0.29, 0.717) is 18.2 Å². The molecular formula is C23H17ClFN5O2. The number of imidazole rings is 1. The third-order valence-corrected chi connectivity index (χ3v) is 5.62. The monoisotopic (exact) mass is 449 g/mol. The van der Waals surface area contributed by atoms with Gasteiger partial charge in [-0.05, 0) is 42.0 Å². The number of amides is 2. The molecule has 5 rings (SSSR count). The second kappa shape index (κ2) is 8.05. The summed E-state index contributed by atoms with van der Waals surface area (Å²) < 4.78 is 15.2. The van der Waals surface area contributed by atoms with Crippen molar-refractivity contribution < 1.29 is 14.0 Å². The van der Waals surface area contributed by atoms with Gasteiger partial charge in [0.2, 0.25) is 11.9 Å². The van der Waals surface area contributed by atoms with Crippen molar-refractivity contribution in [1.29, 1.82) is 0 Å². The minimum absolute atomic E-state index is 0.0923. The normalized spacial score (nSPS) is 15.2. The van der Waals surface area contributed by atoms with Gasteiger partial charge in [-0.2, -0.15) is 0 Å². The molecule has 1 aliphatic rings. The molecule has 0 aliphatic carbocycles. The molecule has 160 valence electrons. The summed E-state index contributed by atoms with van der Waals surface area (Å²) in [6, 6.07) is 14.3. The molecule has 0 bridgehead atoms. The van der Waals surface area contributed by atoms with Crippen molar-refractivity contribution in [3.8, 4) is 0 Å². The zero-order valence-electron chi connectivity index (χ0n) is 16.7. The Balaban J connectivity index is 1.46. The maximum Gasteiger partial charge on any atom is 0.253 e. The number of pyridine rings is 1. The fourth-order valence-corrected chi connectivity index (χ4v) is 4.06. The Labute approximate surface area is 187 Å². The van der Waals surface area contributed by atoms with Gasteiger partial charge in [0.05, 0.1) is 29.0 Å². The van der Waals surface area contributed by atoms with Crippen molar-refractivity contribution in [3.63, 3.8) is 0 Å². The predicted molar refractivity (Wildman–Crippen MR) is 119 cm³/mol. The van der Waals surface area contributed by atoms with Crippen LogP contribution in [0.25, 0.3) is 11.0 Å². The minimum Gasteiger partial charge on any atom is -0.326 e. The van der Waals surface area contributed by atoms with E-state index >= 15 is 0 Å². The summed E-state index contributed by atoms with van der Waals surface area (Å²) in [6.45, 7) is 0.293. The lowest BCUT2D eigenvalue weighted by Crippen LogP contribution is -2.31. The number of nitrogens with one attached hydrogen (secondary N) is 1. The topological polar surface area (TPSA) is 80.1 Å². The average molecular weight is 450 g/mol. The fraction of sp³-hybridized carbons (Fsp3) is 0.130. The molecule has 9 heteroatoms. The first-order valence-corrected chi connectivity index (χ1v) is 10.3. The highest BCUT2D eigenvalue weighted by molar-refractivity contribution is 6.31. The van der Waals surface area contributed by atoms with E-state index in [9.17, 15) is 14.0 Å². The summed E-state index contributed by atoms with van der Waals surface area (Å²) in [5.41, 5.74) is 2.72. The van der Waals surface area contributed by atoms with Gasteiger partial charge >= 0.3 is 0 Å². The van der Waals surface area contributed by atoms with Crippen molar-refractivity contribution in [2.24, 2.45) is 0 Å². The molecule has 7 nitrogen and oxygen atoms in total. The second-order valence-corrected chi connectivity index (χ2v) is 7.86. The number of aromatic nitrogens is 3. The Morgan fingerprint density at radius 3 is 2.78 bits per heavy atom. The summed E-state index contributed by atoms with van der Waals surface area (Å²) in [4.78, 5) is 36.5. The van der Waals surface area contributed by atoms with Gasteiger partial charge in [-0.15, -0.1) is 0 Å². The van der Waals surface area contributed by atoms with Crippen LogP contribution < -0.4 is 10.2 Å². The van der Waals surface area contributed by atoms with E-state index in [1.54, 1.807) is 27.9 Å². The smallest absolute Gasteiger partial charge is 0.253 e. The lowest BCUT2D eigenvalue weighted by Gasteiger charge is -2.16. The van der Waals surface area contributed by atoms with Gasteiger partial charge < -0.3 is 5.32 Å². The van der Waals surface area contributed by atoms with E-state index in [4.69, 9.17) is 11.6 Å². The Morgan fingerprint density at radius 2 is 2.00 bits per heavy atom. The number of para-hydroxylation sites is 2. The Bertz CT molecular complexity index is 1340. The highest BCUT2D eigenvalue weighted by Crippen LogP contribution is 2.37. The van der Waals surface area contributed by atoms with Crippen LogP contribution in [0.15, 0.2) is 67.0 Å². The first-order chi connectivity index (χ1) is 15.5. The molecule has 2 aromatic heterocycles. The minimum atomic E-state index is -0.759. The summed E-state index contributed by atoms with van der Waals surface area (Å²) in [5, 5.41) is 2.60. The van der Waals surface area contributed by atoms with E-state index in [-0.39, 0.29) is 17.4 Å². The number of nitrogens with zero attached hydrogens (tertiary/aromatic N) is 4. The molecule has 1 N–H and O–H groups in total. The molecule has 3 heterocycles. The van der Waals surface area contributed by atoms with Crippen LogP contribution in [0.2, 0.25) is 5.02 Å². The number of carbonyl (C=O) groups is 2. The van der Waals surface area contributed by atoms with Gasteiger partial charge in [-0.3, -0.25) is 24.0 Å². The van der Waals surface area contributed by atoms with Gasteiger partial charge in [0.15, 0.2) is 0 Å². The van der Waals surface area contributed by atoms with Crippen LogP contribution in [-0.4, -0.2) is 26.3 Å². The van der Waals surface area contributed by atoms with E-state index < -0.39 is 17.8 Å². The molecule has 1 aliphatic heterocycles. The standard InChI is InChI=1S/C23H17ClFN5O2/c24-16-10-15(7-8-17(16)25)27-21(31)11-20-22(32)29(13-14-4-3-9-26-12-14)23-28-18-5-1-2-6-19(18)30(20)23/h1-10,12,20H,11,13H2,(H,27,31)/t20-/m1/s1. The van der Waals surface area contributed by atoms with E-state index in [1.165, 1.54) is 18.2 Å². The molecule has 4 aromatic rings. The zero-order valence-corrected chi connectivity index (χ0v) is 17.5. The average Bonchev–Trinajstić information content (AvgIpc) is 3.28. The number of fused-ring (bicyclic) bond motifs is 3. The quantitative estimate of drug-likeness (QED) is 0.491. The number of rotatable bonds is 5. The zero-order chi connectivity index (χ0) is 22.2. The summed E-state index contributed by atoms with van der Waals surface area (Å²) in [6.07, 6.45) is 3.25. The summed E-state index contributed by atoms with van der Waals surface area (Å²) in [7, 11) is 0. The van der Waals surface area contributed by atoms with Crippen molar-refractivity contribution in [3.05, 3.63) is 83.4 Å². The number of halogens is 2. The summed E-state index contributed by atoms with van der Waals surface area (Å²) in [5.74, 6) is -0.703. The highest BCUT2D eigenvalue weighted by atomic mass is 35.5. The van der Waals surface area contributed by atoms with Gasteiger partial charge in [-0.1, -0.05) is 29.8 Å². The van der Waals surface area contributed by atoms with E-state index in [2.05, 4.69) is 15.3 Å². The number of anilines is 2. The molecule has 0 radical (unpaired) electrons. The molecule has 0 fully saturated rings. The molecule has 32 heavy (non-hydrogen) atoms. The van der Waals surface area contributed by atoms with Gasteiger partial charge in [-0.25, -0.2) is 9.37 Å². The fourth-order valence-electron chi connectivity index (χ4n) is 3.88. The highest BCUT2D eigenvalue weighted by Gasteiger charge is 2.40. The number of benzene rings is 2. The van der Waals surface area contributed by atoms with Gasteiger partial charge in [0.25, 0.3) is 5.91 Å². The van der Waals surface area contributed by atoms with Gasteiger partial charge in [0, 0.05) is 18.1 Å². The number of hydrogen-bond donors (Lipinski definition) is 1. The van der Waals surface area contributed by atoms with Crippen LogP contribution in [0.1, 0.15) is 18.0 Å². The van der Waals surface area contributed by atoms with Crippen LogP contribution in [0.4, 0.5) is 16.0 Å². The van der Waals surface area contributed by atoms with Crippen molar-refractivity contribution in [2.75, 3.05) is 10.2 Å². The van der Waals surface area contributed by atoms with Crippen LogP contribution in [0, 0.1) is 5.82 Å². The Morgan fingerprint density at radius 1 is 1.16 bits per heavy atom. The maximum atomic E-state index is 13.4. The third-order valence-electron chi connectivity index (χ3n) is 5.33. The van der Waals surface area contributed by atoms with Crippen molar-refractivity contribution in [1.82, 2.24) is 14.5 Å². The van der Waals surface area contributed by atoms with E-state index in [0.717, 1.165) is 16.6 Å². The largest absolute Gasteiger partial charge is 0.326 e.